The molecule has 4 rings (SSSR count). The van der Waals surface area contributed by atoms with Crippen molar-refractivity contribution in [3.63, 3.8) is 0 Å². The van der Waals surface area contributed by atoms with Crippen LogP contribution in [-0.4, -0.2) is 29.9 Å². The largest absolute Gasteiger partial charge is 0.497 e. The summed E-state index contributed by atoms with van der Waals surface area (Å²) in [5.74, 6) is 2.61. The third-order valence-corrected chi connectivity index (χ3v) is 4.53. The van der Waals surface area contributed by atoms with E-state index in [2.05, 4.69) is 10.6 Å². The Hall–Kier alpha value is -2.53. The second kappa shape index (κ2) is 7.15. The maximum atomic E-state index is 5.92. The van der Waals surface area contributed by atoms with Crippen molar-refractivity contribution in [1.82, 2.24) is 9.55 Å². The number of methoxy groups -OCH3 is 1. The Labute approximate surface area is 147 Å². The highest BCUT2D eigenvalue weighted by Crippen LogP contribution is 2.30. The molecule has 1 fully saturated rings. The zero-order valence-corrected chi connectivity index (χ0v) is 14.4. The summed E-state index contributed by atoms with van der Waals surface area (Å²) in [5.41, 5.74) is 2.14. The van der Waals surface area contributed by atoms with Crippen molar-refractivity contribution in [1.29, 1.82) is 0 Å². The molecule has 2 heterocycles. The molecule has 5 heteroatoms. The number of nitrogens with zero attached hydrogens (tertiary/aromatic N) is 2. The second-order valence-corrected chi connectivity index (χ2v) is 6.14. The summed E-state index contributed by atoms with van der Waals surface area (Å²) >= 11 is 0. The highest BCUT2D eigenvalue weighted by molar-refractivity contribution is 5.76. The Morgan fingerprint density at radius 2 is 2.04 bits per heavy atom. The number of ether oxygens (including phenoxy) is 3. The molecule has 0 amide bonds. The maximum Gasteiger partial charge on any atom is 0.139 e. The number of fused-ring (bicyclic) bond motifs is 1. The standard InChI is InChI=1S/C20H22N2O3/c1-23-15-6-4-7-16(14-15)24-13-11-22-18-9-3-2-8-17(18)21-20(22)19-10-5-12-25-19/h2-4,6-9,14,19H,5,10-13H2,1H3. The van der Waals surface area contributed by atoms with Gasteiger partial charge in [0.1, 0.15) is 30.0 Å². The molecule has 0 saturated carbocycles. The Morgan fingerprint density at radius 1 is 1.16 bits per heavy atom. The van der Waals surface area contributed by atoms with Crippen LogP contribution in [0, 0.1) is 0 Å². The lowest BCUT2D eigenvalue weighted by molar-refractivity contribution is 0.101. The van der Waals surface area contributed by atoms with Crippen LogP contribution in [0.2, 0.25) is 0 Å². The average Bonchev–Trinajstić information content (AvgIpc) is 3.30. The van der Waals surface area contributed by atoms with Crippen molar-refractivity contribution in [2.75, 3.05) is 20.3 Å². The van der Waals surface area contributed by atoms with Crippen LogP contribution in [0.5, 0.6) is 11.5 Å². The fourth-order valence-electron chi connectivity index (χ4n) is 3.30. The Kier molecular flexibility index (Phi) is 4.57. The van der Waals surface area contributed by atoms with Gasteiger partial charge >= 0.3 is 0 Å². The topological polar surface area (TPSA) is 45.5 Å². The molecule has 0 aliphatic carbocycles. The molecule has 1 aliphatic heterocycles. The third-order valence-electron chi connectivity index (χ3n) is 4.53. The number of hydrogen-bond acceptors (Lipinski definition) is 4. The lowest BCUT2D eigenvalue weighted by Crippen LogP contribution is -2.13. The van der Waals surface area contributed by atoms with Crippen LogP contribution in [0.1, 0.15) is 24.8 Å². The molecule has 3 aromatic rings. The molecule has 2 aromatic carbocycles. The minimum Gasteiger partial charge on any atom is -0.497 e. The monoisotopic (exact) mass is 338 g/mol. The van der Waals surface area contributed by atoms with Gasteiger partial charge in [0.2, 0.25) is 0 Å². The first-order valence-electron chi connectivity index (χ1n) is 8.69. The number of aromatic nitrogens is 2. The van der Waals surface area contributed by atoms with Crippen LogP contribution in [0.3, 0.4) is 0 Å². The van der Waals surface area contributed by atoms with Crippen molar-refractivity contribution >= 4 is 11.0 Å². The molecule has 1 aromatic heterocycles. The van der Waals surface area contributed by atoms with E-state index in [0.717, 1.165) is 54.4 Å². The first-order valence-corrected chi connectivity index (χ1v) is 8.69. The van der Waals surface area contributed by atoms with E-state index in [1.54, 1.807) is 7.11 Å². The molecule has 1 unspecified atom stereocenters. The molecule has 25 heavy (non-hydrogen) atoms. The Balaban J connectivity index is 1.54. The van der Waals surface area contributed by atoms with E-state index in [4.69, 9.17) is 19.2 Å². The van der Waals surface area contributed by atoms with E-state index in [-0.39, 0.29) is 6.10 Å². The highest BCUT2D eigenvalue weighted by Gasteiger charge is 2.24. The average molecular weight is 338 g/mol. The molecule has 0 bridgehead atoms. The zero-order chi connectivity index (χ0) is 17.1. The molecule has 130 valence electrons. The zero-order valence-electron chi connectivity index (χ0n) is 14.4. The van der Waals surface area contributed by atoms with E-state index in [1.807, 2.05) is 42.5 Å². The van der Waals surface area contributed by atoms with E-state index >= 15 is 0 Å². The van der Waals surface area contributed by atoms with Gasteiger partial charge in [0.25, 0.3) is 0 Å². The Morgan fingerprint density at radius 3 is 2.88 bits per heavy atom. The third kappa shape index (κ3) is 3.33. The number of para-hydroxylation sites is 2. The van der Waals surface area contributed by atoms with Crippen LogP contribution in [0.25, 0.3) is 11.0 Å². The summed E-state index contributed by atoms with van der Waals surface area (Å²) in [6.07, 6.45) is 2.21. The van der Waals surface area contributed by atoms with Gasteiger partial charge in [-0.1, -0.05) is 18.2 Å². The maximum absolute atomic E-state index is 5.92. The molecule has 1 saturated heterocycles. The number of rotatable bonds is 6. The van der Waals surface area contributed by atoms with Crippen LogP contribution < -0.4 is 9.47 Å². The van der Waals surface area contributed by atoms with E-state index in [9.17, 15) is 0 Å². The van der Waals surface area contributed by atoms with Crippen LogP contribution in [0.15, 0.2) is 48.5 Å². The highest BCUT2D eigenvalue weighted by atomic mass is 16.5. The summed E-state index contributed by atoms with van der Waals surface area (Å²) in [5, 5.41) is 0. The summed E-state index contributed by atoms with van der Waals surface area (Å²) < 4.78 is 19.2. The Bertz CT molecular complexity index is 853. The van der Waals surface area contributed by atoms with Gasteiger partial charge in [0.15, 0.2) is 0 Å². The predicted octanol–water partition coefficient (Wildman–Crippen LogP) is 3.98. The van der Waals surface area contributed by atoms with Crippen LogP contribution in [-0.2, 0) is 11.3 Å². The van der Waals surface area contributed by atoms with E-state index in [0.29, 0.717) is 6.61 Å². The van der Waals surface area contributed by atoms with E-state index in [1.165, 1.54) is 0 Å². The molecule has 0 radical (unpaired) electrons. The summed E-state index contributed by atoms with van der Waals surface area (Å²) in [6.45, 7) is 2.11. The van der Waals surface area contributed by atoms with E-state index < -0.39 is 0 Å². The normalized spacial score (nSPS) is 17.1. The molecule has 5 nitrogen and oxygen atoms in total. The molecule has 0 spiro atoms. The van der Waals surface area contributed by atoms with Gasteiger partial charge in [0.05, 0.1) is 24.7 Å². The first-order chi connectivity index (χ1) is 12.3. The lowest BCUT2D eigenvalue weighted by Gasteiger charge is -2.14. The molecule has 1 aliphatic rings. The minimum atomic E-state index is 0.0872. The van der Waals surface area contributed by atoms with Crippen LogP contribution >= 0.6 is 0 Å². The number of imidazole rings is 1. The van der Waals surface area contributed by atoms with Gasteiger partial charge in [-0.2, -0.15) is 0 Å². The van der Waals surface area contributed by atoms with Gasteiger partial charge < -0.3 is 18.8 Å². The molecule has 1 atom stereocenters. The van der Waals surface area contributed by atoms with Crippen molar-refractivity contribution in [2.24, 2.45) is 0 Å². The second-order valence-electron chi connectivity index (χ2n) is 6.14. The van der Waals surface area contributed by atoms with Gasteiger partial charge in [-0.15, -0.1) is 0 Å². The van der Waals surface area contributed by atoms with Gasteiger partial charge in [-0.3, -0.25) is 0 Å². The van der Waals surface area contributed by atoms with Gasteiger partial charge in [-0.25, -0.2) is 4.98 Å². The molecule has 0 N–H and O–H groups in total. The van der Waals surface area contributed by atoms with Crippen molar-refractivity contribution in [3.8, 4) is 11.5 Å². The lowest BCUT2D eigenvalue weighted by atomic mass is 10.2. The van der Waals surface area contributed by atoms with Crippen molar-refractivity contribution < 1.29 is 14.2 Å². The first kappa shape index (κ1) is 16.0. The molecular formula is C20H22N2O3. The number of benzene rings is 2. The fraction of sp³-hybridized carbons (Fsp3) is 0.350. The fourth-order valence-corrected chi connectivity index (χ4v) is 3.30. The summed E-state index contributed by atoms with van der Waals surface area (Å²) in [4.78, 5) is 4.81. The summed E-state index contributed by atoms with van der Waals surface area (Å²) in [7, 11) is 1.66. The predicted molar refractivity (Wildman–Crippen MR) is 96.1 cm³/mol. The van der Waals surface area contributed by atoms with Crippen molar-refractivity contribution in [3.05, 3.63) is 54.4 Å². The minimum absolute atomic E-state index is 0.0872. The van der Waals surface area contributed by atoms with Crippen molar-refractivity contribution in [2.45, 2.75) is 25.5 Å². The van der Waals surface area contributed by atoms with Gasteiger partial charge in [-0.05, 0) is 37.1 Å². The molecular weight excluding hydrogens is 316 g/mol. The SMILES string of the molecule is COc1cccc(OCCn2c(C3CCCO3)nc3ccccc32)c1. The summed E-state index contributed by atoms with van der Waals surface area (Å²) in [6, 6.07) is 15.9. The quantitative estimate of drug-likeness (QED) is 0.682. The van der Waals surface area contributed by atoms with Gasteiger partial charge in [0, 0.05) is 12.7 Å². The number of hydrogen-bond donors (Lipinski definition) is 0. The van der Waals surface area contributed by atoms with Crippen LogP contribution in [0.4, 0.5) is 0 Å². The smallest absolute Gasteiger partial charge is 0.139 e.